The van der Waals surface area contributed by atoms with E-state index in [1.807, 2.05) is 0 Å². The minimum atomic E-state index is -3.86. The molecular formula is C6H9F4N. The van der Waals surface area contributed by atoms with Crippen LogP contribution in [0.25, 0.3) is 0 Å². The van der Waals surface area contributed by atoms with Crippen LogP contribution in [0.3, 0.4) is 0 Å². The third-order valence-electron chi connectivity index (χ3n) is 1.81. The van der Waals surface area contributed by atoms with Gasteiger partial charge in [0.05, 0.1) is 6.54 Å². The molecule has 1 fully saturated rings. The van der Waals surface area contributed by atoms with Crippen molar-refractivity contribution >= 4 is 0 Å². The molecule has 1 nitrogen and oxygen atoms in total. The summed E-state index contributed by atoms with van der Waals surface area (Å²) in [6.45, 7) is -0.817. The summed E-state index contributed by atoms with van der Waals surface area (Å²) < 4.78 is 49.6. The van der Waals surface area contributed by atoms with Gasteiger partial charge in [-0.25, -0.2) is 0 Å². The Hall–Kier alpha value is -0.320. The Labute approximate surface area is 62.0 Å². The van der Waals surface area contributed by atoms with Crippen LogP contribution < -0.4 is 0 Å². The molecule has 0 N–H and O–H groups in total. The number of halogens is 4. The molecule has 5 heteroatoms. The van der Waals surface area contributed by atoms with Gasteiger partial charge in [-0.05, 0) is 7.05 Å². The van der Waals surface area contributed by atoms with Gasteiger partial charge in [-0.3, -0.25) is 0 Å². The Balaban J connectivity index is 2.72. The molecule has 0 atom stereocenters. The maximum Gasteiger partial charge on any atom is 0.322 e. The molecule has 1 rings (SSSR count). The van der Waals surface area contributed by atoms with Crippen molar-refractivity contribution in [3.8, 4) is 0 Å². The molecule has 0 spiro atoms. The maximum atomic E-state index is 12.4. The Morgan fingerprint density at radius 2 is 1.64 bits per heavy atom. The summed E-state index contributed by atoms with van der Waals surface area (Å²) in [7, 11) is 1.41. The van der Waals surface area contributed by atoms with E-state index in [9.17, 15) is 17.6 Å². The number of rotatable bonds is 0. The lowest BCUT2D eigenvalue weighted by atomic mass is 10.0. The van der Waals surface area contributed by atoms with E-state index in [0.717, 1.165) is 0 Å². The van der Waals surface area contributed by atoms with Crippen molar-refractivity contribution in [2.45, 2.75) is 18.3 Å². The predicted molar refractivity (Wildman–Crippen MR) is 32.0 cm³/mol. The lowest BCUT2D eigenvalue weighted by Gasteiger charge is -2.35. The predicted octanol–water partition coefficient (Wildman–Crippen LogP) is 1.59. The van der Waals surface area contributed by atoms with Gasteiger partial charge >= 0.3 is 11.8 Å². The van der Waals surface area contributed by atoms with Gasteiger partial charge in [0.1, 0.15) is 0 Å². The van der Waals surface area contributed by atoms with Gasteiger partial charge in [0.15, 0.2) is 0 Å². The van der Waals surface area contributed by atoms with Crippen molar-refractivity contribution in [3.05, 3.63) is 0 Å². The van der Waals surface area contributed by atoms with Crippen LogP contribution in [-0.2, 0) is 0 Å². The first-order chi connectivity index (χ1) is 4.85. The molecule has 0 saturated carbocycles. The normalized spacial score (nSPS) is 30.3. The topological polar surface area (TPSA) is 3.24 Å². The Kier molecular flexibility index (Phi) is 1.86. The van der Waals surface area contributed by atoms with E-state index >= 15 is 0 Å². The molecule has 1 heterocycles. The fourth-order valence-corrected chi connectivity index (χ4v) is 1.05. The zero-order valence-corrected chi connectivity index (χ0v) is 6.08. The molecule has 1 saturated heterocycles. The van der Waals surface area contributed by atoms with Crippen molar-refractivity contribution in [1.29, 1.82) is 0 Å². The third kappa shape index (κ3) is 1.47. The fraction of sp³-hybridized carbons (Fsp3) is 1.00. The molecule has 0 amide bonds. The number of hydrogen-bond acceptors (Lipinski definition) is 1. The largest absolute Gasteiger partial charge is 0.322 e. The fourth-order valence-electron chi connectivity index (χ4n) is 1.05. The lowest BCUT2D eigenvalue weighted by molar-refractivity contribution is -0.237. The zero-order chi connectivity index (χ0) is 8.70. The van der Waals surface area contributed by atoms with Gasteiger partial charge < -0.3 is 4.90 Å². The highest BCUT2D eigenvalue weighted by atomic mass is 19.3. The number of alkyl halides is 4. The van der Waals surface area contributed by atoms with Crippen LogP contribution >= 0.6 is 0 Å². The zero-order valence-electron chi connectivity index (χ0n) is 6.08. The summed E-state index contributed by atoms with van der Waals surface area (Å²) >= 11 is 0. The lowest BCUT2D eigenvalue weighted by Crippen LogP contribution is -2.54. The Morgan fingerprint density at radius 1 is 1.09 bits per heavy atom. The molecule has 11 heavy (non-hydrogen) atoms. The Bertz CT molecular complexity index is 157. The summed E-state index contributed by atoms with van der Waals surface area (Å²) in [5.41, 5.74) is 0. The van der Waals surface area contributed by atoms with Gasteiger partial charge in [-0.2, -0.15) is 17.6 Å². The van der Waals surface area contributed by atoms with E-state index in [-0.39, 0.29) is 6.54 Å². The van der Waals surface area contributed by atoms with Gasteiger partial charge in [0, 0.05) is 13.0 Å². The number of hydrogen-bond donors (Lipinski definition) is 0. The van der Waals surface area contributed by atoms with Crippen LogP contribution in [0, 0.1) is 0 Å². The second kappa shape index (κ2) is 2.33. The average molecular weight is 171 g/mol. The number of piperidine rings is 1. The summed E-state index contributed by atoms with van der Waals surface area (Å²) in [6, 6.07) is 0. The highest BCUT2D eigenvalue weighted by Gasteiger charge is 2.58. The second-order valence-electron chi connectivity index (χ2n) is 2.90. The average Bonchev–Trinajstić information content (AvgIpc) is 1.80. The maximum absolute atomic E-state index is 12.4. The number of nitrogens with zero attached hydrogens (tertiary/aromatic N) is 1. The quantitative estimate of drug-likeness (QED) is 0.500. The van der Waals surface area contributed by atoms with Crippen LogP contribution in [0.15, 0.2) is 0 Å². The van der Waals surface area contributed by atoms with Crippen molar-refractivity contribution in [2.24, 2.45) is 0 Å². The minimum absolute atomic E-state index is 0.0303. The first-order valence-corrected chi connectivity index (χ1v) is 3.29. The van der Waals surface area contributed by atoms with Gasteiger partial charge in [0.2, 0.25) is 0 Å². The molecule has 0 bridgehead atoms. The smallest absolute Gasteiger partial charge is 0.300 e. The van der Waals surface area contributed by atoms with E-state index < -0.39 is 24.8 Å². The molecule has 0 aromatic heterocycles. The third-order valence-corrected chi connectivity index (χ3v) is 1.81. The SMILES string of the molecule is CN1CCC(F)(F)C(F)(F)C1. The van der Waals surface area contributed by atoms with Gasteiger partial charge in [0.25, 0.3) is 0 Å². The minimum Gasteiger partial charge on any atom is -0.300 e. The molecule has 0 unspecified atom stereocenters. The molecule has 0 aliphatic carbocycles. The first-order valence-electron chi connectivity index (χ1n) is 3.29. The van der Waals surface area contributed by atoms with Crippen molar-refractivity contribution in [2.75, 3.05) is 20.1 Å². The van der Waals surface area contributed by atoms with E-state index in [1.54, 1.807) is 0 Å². The summed E-state index contributed by atoms with van der Waals surface area (Å²) in [6.07, 6.45) is -0.753. The van der Waals surface area contributed by atoms with Crippen LogP contribution in [0.2, 0.25) is 0 Å². The molecule has 66 valence electrons. The molecular weight excluding hydrogens is 162 g/mol. The standard InChI is InChI=1S/C6H9F4N/c1-11-3-2-5(7,8)6(9,10)4-11/h2-4H2,1H3. The van der Waals surface area contributed by atoms with Crippen LogP contribution in [0.4, 0.5) is 17.6 Å². The monoisotopic (exact) mass is 171 g/mol. The first kappa shape index (κ1) is 8.77. The van der Waals surface area contributed by atoms with E-state index in [1.165, 1.54) is 11.9 Å². The summed E-state index contributed by atoms with van der Waals surface area (Å²) in [5, 5.41) is 0. The highest BCUT2D eigenvalue weighted by molar-refractivity contribution is 4.91. The van der Waals surface area contributed by atoms with Crippen LogP contribution in [0.1, 0.15) is 6.42 Å². The molecule has 1 aliphatic heterocycles. The molecule has 0 aromatic carbocycles. The summed E-state index contributed by atoms with van der Waals surface area (Å²) in [4.78, 5) is 1.21. The van der Waals surface area contributed by atoms with Crippen LogP contribution in [-0.4, -0.2) is 36.9 Å². The van der Waals surface area contributed by atoms with Gasteiger partial charge in [-0.1, -0.05) is 0 Å². The van der Waals surface area contributed by atoms with E-state index in [2.05, 4.69) is 0 Å². The van der Waals surface area contributed by atoms with E-state index in [0.29, 0.717) is 0 Å². The van der Waals surface area contributed by atoms with Crippen LogP contribution in [0.5, 0.6) is 0 Å². The van der Waals surface area contributed by atoms with Gasteiger partial charge in [-0.15, -0.1) is 0 Å². The van der Waals surface area contributed by atoms with Crippen molar-refractivity contribution < 1.29 is 17.6 Å². The highest BCUT2D eigenvalue weighted by Crippen LogP contribution is 2.40. The van der Waals surface area contributed by atoms with Crippen molar-refractivity contribution in [3.63, 3.8) is 0 Å². The van der Waals surface area contributed by atoms with Crippen molar-refractivity contribution in [1.82, 2.24) is 4.90 Å². The number of likely N-dealkylation sites (tertiary alicyclic amines) is 1. The Morgan fingerprint density at radius 3 is 2.00 bits per heavy atom. The summed E-state index contributed by atoms with van der Waals surface area (Å²) in [5.74, 6) is -7.68. The molecule has 1 aliphatic rings. The van der Waals surface area contributed by atoms with E-state index in [4.69, 9.17) is 0 Å². The second-order valence-corrected chi connectivity index (χ2v) is 2.90. The molecule has 0 aromatic rings. The molecule has 0 radical (unpaired) electrons.